The molecule has 1 aliphatic rings. The van der Waals surface area contributed by atoms with Crippen LogP contribution in [0.2, 0.25) is 0 Å². The molecule has 1 aromatic rings. The Labute approximate surface area is 89.6 Å². The highest BCUT2D eigenvalue weighted by Gasteiger charge is 2.23. The second kappa shape index (κ2) is 3.69. The number of nitrogens with zero attached hydrogens (tertiary/aromatic N) is 3. The van der Waals surface area contributed by atoms with Gasteiger partial charge >= 0.3 is 5.97 Å². The molecule has 0 saturated carbocycles. The first-order valence-electron chi connectivity index (χ1n) is 4.49. The Bertz CT molecular complexity index is 498. The van der Waals surface area contributed by atoms with Crippen LogP contribution in [0.25, 0.3) is 0 Å². The van der Waals surface area contributed by atoms with Crippen molar-refractivity contribution < 1.29 is 14.8 Å². The third kappa shape index (κ3) is 1.74. The average molecular weight is 221 g/mol. The topological polar surface area (TPSA) is 105 Å². The number of nitro benzene ring substituents is 1. The van der Waals surface area contributed by atoms with Gasteiger partial charge in [-0.15, -0.1) is 0 Å². The van der Waals surface area contributed by atoms with Gasteiger partial charge in [-0.25, -0.2) is 4.79 Å². The fourth-order valence-corrected chi connectivity index (χ4v) is 1.45. The third-order valence-electron chi connectivity index (χ3n) is 2.28. The average Bonchev–Trinajstić information content (AvgIpc) is 2.27. The second-order valence-electron chi connectivity index (χ2n) is 3.34. The van der Waals surface area contributed by atoms with Gasteiger partial charge in [-0.3, -0.25) is 10.1 Å². The summed E-state index contributed by atoms with van der Waals surface area (Å²) in [6.07, 6.45) is 0.214. The van der Waals surface area contributed by atoms with Crippen molar-refractivity contribution in [1.29, 1.82) is 0 Å². The number of nitro groups is 1. The molecule has 7 nitrogen and oxygen atoms in total. The maximum absolute atomic E-state index is 10.7. The molecule has 0 aromatic heterocycles. The van der Waals surface area contributed by atoms with E-state index in [0.29, 0.717) is 11.3 Å². The first kappa shape index (κ1) is 10.2. The van der Waals surface area contributed by atoms with Crippen LogP contribution in [0.15, 0.2) is 28.4 Å². The smallest absolute Gasteiger partial charge is 0.330 e. The lowest BCUT2D eigenvalue weighted by atomic mass is 10.0. The molecular weight excluding hydrogens is 214 g/mol. The molecule has 0 bridgehead atoms. The molecule has 0 fully saturated rings. The Kier molecular flexibility index (Phi) is 2.35. The van der Waals surface area contributed by atoms with Crippen LogP contribution in [-0.4, -0.2) is 22.0 Å². The fourth-order valence-electron chi connectivity index (χ4n) is 1.45. The standard InChI is InChI=1S/C9H7N3O4/c13-9(14)8-3-5-1-2-6(12(15)16)4-7(5)10-11-8/h1-2,4,8H,3H2,(H,13,14)/t8-/m1/s1. The summed E-state index contributed by atoms with van der Waals surface area (Å²) in [5.41, 5.74) is 0.950. The highest BCUT2D eigenvalue weighted by molar-refractivity contribution is 5.75. The van der Waals surface area contributed by atoms with Crippen LogP contribution in [0.3, 0.4) is 0 Å². The van der Waals surface area contributed by atoms with Gasteiger partial charge in [-0.2, -0.15) is 10.2 Å². The van der Waals surface area contributed by atoms with Crippen LogP contribution in [0.4, 0.5) is 11.4 Å². The summed E-state index contributed by atoms with van der Waals surface area (Å²) in [7, 11) is 0. The van der Waals surface area contributed by atoms with E-state index in [-0.39, 0.29) is 12.1 Å². The zero-order valence-corrected chi connectivity index (χ0v) is 8.03. The Hall–Kier alpha value is -2.31. The van der Waals surface area contributed by atoms with Crippen LogP contribution in [0, 0.1) is 10.1 Å². The number of hydrogen-bond donors (Lipinski definition) is 1. The van der Waals surface area contributed by atoms with E-state index in [9.17, 15) is 14.9 Å². The second-order valence-corrected chi connectivity index (χ2v) is 3.34. The van der Waals surface area contributed by atoms with E-state index in [1.165, 1.54) is 18.2 Å². The van der Waals surface area contributed by atoms with Crippen LogP contribution in [0.5, 0.6) is 0 Å². The van der Waals surface area contributed by atoms with Crippen molar-refractivity contribution in [2.75, 3.05) is 0 Å². The maximum Gasteiger partial charge on any atom is 0.330 e. The number of benzene rings is 1. The number of carbonyl (C=O) groups is 1. The highest BCUT2D eigenvalue weighted by atomic mass is 16.6. The van der Waals surface area contributed by atoms with Gasteiger partial charge < -0.3 is 5.11 Å². The van der Waals surface area contributed by atoms with Crippen molar-refractivity contribution >= 4 is 17.3 Å². The lowest BCUT2D eigenvalue weighted by Gasteiger charge is -2.13. The van der Waals surface area contributed by atoms with Crippen LogP contribution in [-0.2, 0) is 11.2 Å². The summed E-state index contributed by atoms with van der Waals surface area (Å²) < 4.78 is 0. The molecule has 82 valence electrons. The predicted molar refractivity (Wildman–Crippen MR) is 52.7 cm³/mol. The van der Waals surface area contributed by atoms with Crippen molar-refractivity contribution in [3.63, 3.8) is 0 Å². The SMILES string of the molecule is O=C(O)[C@H]1Cc2ccc([N+](=O)[O-])cc2N=N1. The molecule has 1 aromatic carbocycles. The van der Waals surface area contributed by atoms with E-state index in [2.05, 4.69) is 10.2 Å². The summed E-state index contributed by atoms with van der Waals surface area (Å²) >= 11 is 0. The number of hydrogen-bond acceptors (Lipinski definition) is 5. The molecule has 1 N–H and O–H groups in total. The van der Waals surface area contributed by atoms with Gasteiger partial charge in [0.2, 0.25) is 0 Å². The molecule has 0 radical (unpaired) electrons. The third-order valence-corrected chi connectivity index (χ3v) is 2.28. The number of fused-ring (bicyclic) bond motifs is 1. The molecule has 1 aliphatic heterocycles. The summed E-state index contributed by atoms with van der Waals surface area (Å²) in [5.74, 6) is -1.05. The predicted octanol–water partition coefficient (Wildman–Crippen LogP) is 1.69. The van der Waals surface area contributed by atoms with Gasteiger partial charge in [0.25, 0.3) is 5.69 Å². The maximum atomic E-state index is 10.7. The monoisotopic (exact) mass is 221 g/mol. The lowest BCUT2D eigenvalue weighted by molar-refractivity contribution is -0.384. The van der Waals surface area contributed by atoms with E-state index in [0.717, 1.165) is 0 Å². The molecule has 16 heavy (non-hydrogen) atoms. The van der Waals surface area contributed by atoms with E-state index in [1.54, 1.807) is 0 Å². The Morgan fingerprint density at radius 2 is 2.31 bits per heavy atom. The summed E-state index contributed by atoms with van der Waals surface area (Å²) in [5, 5.41) is 26.5. The van der Waals surface area contributed by atoms with Crippen molar-refractivity contribution in [1.82, 2.24) is 0 Å². The Morgan fingerprint density at radius 3 is 2.94 bits per heavy atom. The lowest BCUT2D eigenvalue weighted by Crippen LogP contribution is -2.21. The molecule has 1 atom stereocenters. The number of azo groups is 1. The minimum Gasteiger partial charge on any atom is -0.480 e. The number of non-ortho nitro benzene ring substituents is 1. The number of carboxylic acids is 1. The van der Waals surface area contributed by atoms with Gasteiger partial charge in [0.15, 0.2) is 6.04 Å². The number of rotatable bonds is 2. The molecule has 0 aliphatic carbocycles. The van der Waals surface area contributed by atoms with Gasteiger partial charge in [-0.05, 0) is 11.6 Å². The summed E-state index contributed by atoms with van der Waals surface area (Å²) in [6, 6.07) is 3.24. The number of carboxylic acid groups (broad SMARTS) is 1. The molecule has 2 rings (SSSR count). The quantitative estimate of drug-likeness (QED) is 0.605. The first-order chi connectivity index (χ1) is 7.58. The fraction of sp³-hybridized carbons (Fsp3) is 0.222. The molecule has 7 heteroatoms. The molecular formula is C9H7N3O4. The molecule has 0 unspecified atom stereocenters. The first-order valence-corrected chi connectivity index (χ1v) is 4.49. The van der Waals surface area contributed by atoms with Gasteiger partial charge in [0.1, 0.15) is 0 Å². The minimum atomic E-state index is -1.05. The van der Waals surface area contributed by atoms with Gasteiger partial charge in [-0.1, -0.05) is 0 Å². The van der Waals surface area contributed by atoms with Gasteiger partial charge in [0.05, 0.1) is 10.6 Å². The Balaban J connectivity index is 2.36. The number of aliphatic carboxylic acids is 1. The zero-order chi connectivity index (χ0) is 11.7. The van der Waals surface area contributed by atoms with Gasteiger partial charge in [0, 0.05) is 18.6 Å². The zero-order valence-electron chi connectivity index (χ0n) is 8.03. The van der Waals surface area contributed by atoms with Crippen molar-refractivity contribution in [3.8, 4) is 0 Å². The molecule has 0 spiro atoms. The van der Waals surface area contributed by atoms with E-state index >= 15 is 0 Å². The van der Waals surface area contributed by atoms with E-state index in [1.807, 2.05) is 0 Å². The summed E-state index contributed by atoms with van der Waals surface area (Å²) in [4.78, 5) is 20.6. The van der Waals surface area contributed by atoms with Crippen molar-refractivity contribution in [2.24, 2.45) is 10.2 Å². The molecule has 0 saturated heterocycles. The minimum absolute atomic E-state index is 0.0773. The van der Waals surface area contributed by atoms with Crippen LogP contribution < -0.4 is 0 Å². The Morgan fingerprint density at radius 1 is 1.56 bits per heavy atom. The van der Waals surface area contributed by atoms with E-state index < -0.39 is 16.9 Å². The molecule has 1 heterocycles. The summed E-state index contributed by atoms with van der Waals surface area (Å²) in [6.45, 7) is 0. The highest BCUT2D eigenvalue weighted by Crippen LogP contribution is 2.30. The van der Waals surface area contributed by atoms with Crippen LogP contribution >= 0.6 is 0 Å². The largest absolute Gasteiger partial charge is 0.480 e. The van der Waals surface area contributed by atoms with Crippen LogP contribution in [0.1, 0.15) is 5.56 Å². The van der Waals surface area contributed by atoms with Crippen molar-refractivity contribution in [2.45, 2.75) is 12.5 Å². The normalized spacial score (nSPS) is 17.9. The molecule has 0 amide bonds. The van der Waals surface area contributed by atoms with Crippen molar-refractivity contribution in [3.05, 3.63) is 33.9 Å². The van der Waals surface area contributed by atoms with E-state index in [4.69, 9.17) is 5.11 Å².